The molecule has 0 spiro atoms. The third kappa shape index (κ3) is 4.03. The first-order valence-electron chi connectivity index (χ1n) is 6.92. The predicted molar refractivity (Wildman–Crippen MR) is 84.8 cm³/mol. The number of methoxy groups -OCH3 is 1. The molecule has 0 aliphatic carbocycles. The van der Waals surface area contributed by atoms with Gasteiger partial charge in [0.1, 0.15) is 0 Å². The first-order chi connectivity index (χ1) is 10.0. The zero-order valence-electron chi connectivity index (χ0n) is 13.0. The van der Waals surface area contributed by atoms with Crippen LogP contribution >= 0.6 is 11.3 Å². The summed E-state index contributed by atoms with van der Waals surface area (Å²) in [5.74, 6) is 0.744. The summed E-state index contributed by atoms with van der Waals surface area (Å²) in [6.45, 7) is 3.69. The molecular formula is C14H23N5OS. The van der Waals surface area contributed by atoms with E-state index in [1.807, 2.05) is 25.7 Å². The van der Waals surface area contributed by atoms with Crippen LogP contribution in [-0.4, -0.2) is 47.4 Å². The molecule has 2 aromatic rings. The van der Waals surface area contributed by atoms with E-state index in [2.05, 4.69) is 20.4 Å². The Morgan fingerprint density at radius 2 is 2.24 bits per heavy atom. The Kier molecular flexibility index (Phi) is 5.33. The minimum Gasteiger partial charge on any atom is -0.493 e. The second-order valence-corrected chi connectivity index (χ2v) is 6.36. The van der Waals surface area contributed by atoms with Gasteiger partial charge in [-0.3, -0.25) is 4.68 Å². The van der Waals surface area contributed by atoms with Crippen LogP contribution in [0, 0.1) is 6.92 Å². The highest BCUT2D eigenvalue weighted by molar-refractivity contribution is 7.09. The van der Waals surface area contributed by atoms with Crippen LogP contribution in [0.2, 0.25) is 0 Å². The zero-order valence-corrected chi connectivity index (χ0v) is 13.9. The molecule has 0 aliphatic rings. The highest BCUT2D eigenvalue weighted by Gasteiger charge is 2.20. The van der Waals surface area contributed by atoms with Gasteiger partial charge in [0.2, 0.25) is 0 Å². The third-order valence-corrected chi connectivity index (χ3v) is 4.09. The molecule has 0 bridgehead atoms. The van der Waals surface area contributed by atoms with Gasteiger partial charge >= 0.3 is 0 Å². The molecule has 7 heteroatoms. The maximum absolute atomic E-state index is 6.37. The van der Waals surface area contributed by atoms with Gasteiger partial charge in [0.05, 0.1) is 42.3 Å². The van der Waals surface area contributed by atoms with Crippen LogP contribution in [-0.2, 0) is 13.0 Å². The quantitative estimate of drug-likeness (QED) is 0.838. The fourth-order valence-corrected chi connectivity index (χ4v) is 2.83. The lowest BCUT2D eigenvalue weighted by Crippen LogP contribution is -2.24. The molecule has 1 unspecified atom stereocenters. The molecule has 0 amide bonds. The Labute approximate surface area is 129 Å². The molecule has 116 valence electrons. The van der Waals surface area contributed by atoms with E-state index in [4.69, 9.17) is 10.5 Å². The van der Waals surface area contributed by atoms with E-state index in [9.17, 15) is 0 Å². The number of ether oxygens (including phenoxy) is 1. The van der Waals surface area contributed by atoms with Crippen LogP contribution in [0.3, 0.4) is 0 Å². The van der Waals surface area contributed by atoms with Crippen molar-refractivity contribution < 1.29 is 4.74 Å². The summed E-state index contributed by atoms with van der Waals surface area (Å²) >= 11 is 1.64. The number of aryl methyl sites for hydroxylation is 1. The number of aromatic nitrogens is 3. The predicted octanol–water partition coefficient (Wildman–Crippen LogP) is 1.46. The maximum atomic E-state index is 6.37. The smallest absolute Gasteiger partial charge is 0.161 e. The first-order valence-corrected chi connectivity index (χ1v) is 7.80. The van der Waals surface area contributed by atoms with Crippen molar-refractivity contribution in [2.24, 2.45) is 5.73 Å². The molecule has 0 saturated heterocycles. The van der Waals surface area contributed by atoms with Gasteiger partial charge in [-0.2, -0.15) is 5.10 Å². The fraction of sp³-hybridized carbons (Fsp3) is 0.571. The van der Waals surface area contributed by atoms with E-state index in [1.54, 1.807) is 24.6 Å². The van der Waals surface area contributed by atoms with Gasteiger partial charge in [0.15, 0.2) is 5.75 Å². The summed E-state index contributed by atoms with van der Waals surface area (Å²) in [7, 11) is 5.73. The van der Waals surface area contributed by atoms with Crippen molar-refractivity contribution in [2.45, 2.75) is 25.9 Å². The monoisotopic (exact) mass is 309 g/mol. The third-order valence-electron chi connectivity index (χ3n) is 3.27. The van der Waals surface area contributed by atoms with Crippen molar-refractivity contribution in [3.05, 3.63) is 28.0 Å². The summed E-state index contributed by atoms with van der Waals surface area (Å²) in [6, 6.07) is -0.175. The minimum atomic E-state index is -0.175. The maximum Gasteiger partial charge on any atom is 0.161 e. The molecule has 0 aliphatic heterocycles. The van der Waals surface area contributed by atoms with E-state index >= 15 is 0 Å². The van der Waals surface area contributed by atoms with Gasteiger partial charge in [-0.15, -0.1) is 11.3 Å². The molecule has 2 N–H and O–H groups in total. The molecule has 1 atom stereocenters. The Hall–Kier alpha value is -1.44. The minimum absolute atomic E-state index is 0.175. The van der Waals surface area contributed by atoms with Crippen LogP contribution < -0.4 is 10.5 Å². The Morgan fingerprint density at radius 1 is 1.48 bits per heavy atom. The molecule has 0 aromatic carbocycles. The van der Waals surface area contributed by atoms with Crippen molar-refractivity contribution in [3.63, 3.8) is 0 Å². The van der Waals surface area contributed by atoms with Crippen molar-refractivity contribution in [1.29, 1.82) is 0 Å². The summed E-state index contributed by atoms with van der Waals surface area (Å²) in [5, 5.41) is 7.51. The summed E-state index contributed by atoms with van der Waals surface area (Å²) in [5.41, 5.74) is 8.33. The molecule has 6 nitrogen and oxygen atoms in total. The van der Waals surface area contributed by atoms with E-state index in [-0.39, 0.29) is 6.04 Å². The van der Waals surface area contributed by atoms with E-state index < -0.39 is 0 Å². The zero-order chi connectivity index (χ0) is 15.4. The second-order valence-electron chi connectivity index (χ2n) is 5.29. The van der Waals surface area contributed by atoms with Crippen molar-refractivity contribution in [1.82, 2.24) is 19.7 Å². The van der Waals surface area contributed by atoms with E-state index in [0.29, 0.717) is 6.42 Å². The average molecular weight is 309 g/mol. The molecule has 21 heavy (non-hydrogen) atoms. The fourth-order valence-electron chi connectivity index (χ4n) is 2.21. The van der Waals surface area contributed by atoms with Crippen LogP contribution in [0.4, 0.5) is 0 Å². The number of nitrogens with zero attached hydrogens (tertiary/aromatic N) is 4. The van der Waals surface area contributed by atoms with Crippen molar-refractivity contribution in [3.8, 4) is 5.75 Å². The normalized spacial score (nSPS) is 12.9. The second kappa shape index (κ2) is 7.02. The average Bonchev–Trinajstić information content (AvgIpc) is 3.02. The van der Waals surface area contributed by atoms with Crippen molar-refractivity contribution in [2.75, 3.05) is 27.7 Å². The molecule has 0 fully saturated rings. The van der Waals surface area contributed by atoms with Crippen LogP contribution in [0.5, 0.6) is 5.75 Å². The molecule has 2 heterocycles. The van der Waals surface area contributed by atoms with Crippen LogP contribution in [0.15, 0.2) is 11.6 Å². The largest absolute Gasteiger partial charge is 0.493 e. The lowest BCUT2D eigenvalue weighted by Gasteiger charge is -2.16. The molecule has 2 aromatic heterocycles. The molecule has 2 rings (SSSR count). The number of likely N-dealkylation sites (N-methyl/N-ethyl adjacent to an activating group) is 1. The van der Waals surface area contributed by atoms with Crippen molar-refractivity contribution >= 4 is 11.3 Å². The van der Waals surface area contributed by atoms with E-state index in [0.717, 1.165) is 35.2 Å². The van der Waals surface area contributed by atoms with Gasteiger partial charge in [0, 0.05) is 18.3 Å². The Bertz CT molecular complexity index is 578. The van der Waals surface area contributed by atoms with Gasteiger partial charge in [-0.1, -0.05) is 0 Å². The molecule has 0 radical (unpaired) electrons. The van der Waals surface area contributed by atoms with Crippen LogP contribution in [0.25, 0.3) is 0 Å². The van der Waals surface area contributed by atoms with Gasteiger partial charge in [0.25, 0.3) is 0 Å². The number of hydrogen-bond donors (Lipinski definition) is 1. The number of hydrogen-bond acceptors (Lipinski definition) is 6. The Balaban J connectivity index is 2.17. The lowest BCUT2D eigenvalue weighted by atomic mass is 10.1. The first kappa shape index (κ1) is 15.9. The highest BCUT2D eigenvalue weighted by Crippen LogP contribution is 2.26. The number of nitrogens with two attached hydrogens (primary N) is 1. The SMILES string of the molecule is COc1cnn(CCN(C)C)c1C(N)Cc1csc(C)n1. The lowest BCUT2D eigenvalue weighted by molar-refractivity contribution is 0.360. The number of rotatable bonds is 7. The van der Waals surface area contributed by atoms with E-state index in [1.165, 1.54) is 0 Å². The van der Waals surface area contributed by atoms with Gasteiger partial charge < -0.3 is 15.4 Å². The topological polar surface area (TPSA) is 69.2 Å². The summed E-state index contributed by atoms with van der Waals surface area (Å²) < 4.78 is 7.34. The number of thiazole rings is 1. The molecular weight excluding hydrogens is 286 g/mol. The standard InChI is InChI=1S/C14H23N5OS/c1-10-17-11(9-21-10)7-12(15)14-13(20-4)8-16-19(14)6-5-18(2)3/h8-9,12H,5-7,15H2,1-4H3. The highest BCUT2D eigenvalue weighted by atomic mass is 32.1. The summed E-state index contributed by atoms with van der Waals surface area (Å²) in [6.07, 6.45) is 2.42. The van der Waals surface area contributed by atoms with Crippen LogP contribution in [0.1, 0.15) is 22.4 Å². The van der Waals surface area contributed by atoms with Gasteiger partial charge in [-0.05, 0) is 21.0 Å². The van der Waals surface area contributed by atoms with Gasteiger partial charge in [-0.25, -0.2) is 4.98 Å². The molecule has 0 saturated carbocycles. The Morgan fingerprint density at radius 3 is 2.81 bits per heavy atom. The summed E-state index contributed by atoms with van der Waals surface area (Å²) in [4.78, 5) is 6.60.